The van der Waals surface area contributed by atoms with Gasteiger partial charge in [0, 0.05) is 12.1 Å². The molecule has 0 aliphatic carbocycles. The van der Waals surface area contributed by atoms with Crippen LogP contribution in [0.2, 0.25) is 0 Å². The molecule has 0 radical (unpaired) electrons. The summed E-state index contributed by atoms with van der Waals surface area (Å²) in [6.45, 7) is 11.4. The van der Waals surface area contributed by atoms with Crippen molar-refractivity contribution in [2.24, 2.45) is 0 Å². The van der Waals surface area contributed by atoms with Gasteiger partial charge in [0.1, 0.15) is 0 Å². The van der Waals surface area contributed by atoms with Crippen LogP contribution in [0, 0.1) is 0 Å². The first-order chi connectivity index (χ1) is 10.7. The van der Waals surface area contributed by atoms with Crippen molar-refractivity contribution in [3.63, 3.8) is 0 Å². The Morgan fingerprint density at radius 1 is 0.826 bits per heavy atom. The lowest BCUT2D eigenvalue weighted by Crippen LogP contribution is -2.35. The summed E-state index contributed by atoms with van der Waals surface area (Å²) in [5.41, 5.74) is 0. The Morgan fingerprint density at radius 2 is 1.17 bits per heavy atom. The number of carbonyl (C=O) groups is 2. The highest BCUT2D eigenvalue weighted by Gasteiger charge is 2.20. The summed E-state index contributed by atoms with van der Waals surface area (Å²) in [6, 6.07) is 0.234. The summed E-state index contributed by atoms with van der Waals surface area (Å²) in [6.07, 6.45) is 0. The summed E-state index contributed by atoms with van der Waals surface area (Å²) in [7, 11) is 0. The van der Waals surface area contributed by atoms with Crippen molar-refractivity contribution in [1.82, 2.24) is 20.8 Å². The van der Waals surface area contributed by atoms with Gasteiger partial charge in [-0.05, 0) is 41.5 Å². The molecular weight excluding hydrogens is 352 g/mol. The lowest BCUT2D eigenvalue weighted by atomic mass is 10.3. The maximum Gasteiger partial charge on any atom is 0.233 e. The molecule has 1 aromatic heterocycles. The summed E-state index contributed by atoms with van der Waals surface area (Å²) in [5.74, 6) is -0.0295. The molecule has 0 unspecified atom stereocenters. The van der Waals surface area contributed by atoms with E-state index in [2.05, 4.69) is 20.8 Å². The molecule has 2 amide bonds. The van der Waals surface area contributed by atoms with E-state index in [4.69, 9.17) is 0 Å². The molecule has 130 valence electrons. The third-order valence-electron chi connectivity index (χ3n) is 2.54. The smallest absolute Gasteiger partial charge is 0.233 e. The number of carbonyl (C=O) groups excluding carboxylic acids is 2. The molecule has 9 heteroatoms. The first-order valence-corrected chi connectivity index (χ1v) is 10.0. The zero-order valence-electron chi connectivity index (χ0n) is 14.2. The summed E-state index contributed by atoms with van der Waals surface area (Å²) < 4.78 is 1.46. The van der Waals surface area contributed by atoms with Gasteiger partial charge in [0.25, 0.3) is 0 Å². The molecule has 2 atom stereocenters. The third kappa shape index (κ3) is 7.54. The minimum Gasteiger partial charge on any atom is -0.353 e. The molecule has 0 spiro atoms. The van der Waals surface area contributed by atoms with E-state index < -0.39 is 0 Å². The van der Waals surface area contributed by atoms with Gasteiger partial charge in [-0.25, -0.2) is 0 Å². The van der Waals surface area contributed by atoms with Crippen LogP contribution < -0.4 is 10.6 Å². The van der Waals surface area contributed by atoms with Crippen molar-refractivity contribution >= 4 is 46.7 Å². The molecule has 2 N–H and O–H groups in total. The Labute approximate surface area is 150 Å². The van der Waals surface area contributed by atoms with E-state index >= 15 is 0 Å². The zero-order chi connectivity index (χ0) is 17.6. The van der Waals surface area contributed by atoms with Crippen molar-refractivity contribution in [3.05, 3.63) is 0 Å². The Bertz CT molecular complexity index is 489. The Kier molecular flexibility index (Phi) is 8.35. The van der Waals surface area contributed by atoms with E-state index in [0.717, 1.165) is 8.68 Å². The Hall–Kier alpha value is -0.800. The number of amides is 2. The number of thioether (sulfide) groups is 2. The first-order valence-electron chi connectivity index (χ1n) is 7.46. The number of hydrogen-bond acceptors (Lipinski definition) is 7. The maximum absolute atomic E-state index is 11.9. The van der Waals surface area contributed by atoms with Gasteiger partial charge in [-0.15, -0.1) is 10.2 Å². The second kappa shape index (κ2) is 9.48. The fourth-order valence-corrected chi connectivity index (χ4v) is 4.83. The average Bonchev–Trinajstić information content (AvgIpc) is 2.84. The van der Waals surface area contributed by atoms with Gasteiger partial charge >= 0.3 is 0 Å². The number of nitrogens with zero attached hydrogens (tertiary/aromatic N) is 2. The van der Waals surface area contributed by atoms with Gasteiger partial charge in [0.15, 0.2) is 8.68 Å². The molecule has 1 heterocycles. The van der Waals surface area contributed by atoms with Gasteiger partial charge < -0.3 is 10.6 Å². The molecular formula is C14H24N4O2S3. The van der Waals surface area contributed by atoms with Crippen LogP contribution >= 0.6 is 34.9 Å². The molecule has 1 rings (SSSR count). The molecule has 0 saturated carbocycles. The molecule has 1 aromatic rings. The monoisotopic (exact) mass is 376 g/mol. The van der Waals surface area contributed by atoms with E-state index in [-0.39, 0.29) is 34.4 Å². The van der Waals surface area contributed by atoms with Crippen LogP contribution in [0.15, 0.2) is 8.68 Å². The molecule has 0 aliphatic rings. The maximum atomic E-state index is 11.9. The number of nitrogens with one attached hydrogen (secondary N) is 2. The quantitative estimate of drug-likeness (QED) is 0.678. The van der Waals surface area contributed by atoms with Crippen LogP contribution in [0.5, 0.6) is 0 Å². The van der Waals surface area contributed by atoms with E-state index in [1.165, 1.54) is 34.9 Å². The lowest BCUT2D eigenvalue weighted by Gasteiger charge is -2.12. The lowest BCUT2D eigenvalue weighted by molar-refractivity contribution is -0.121. The normalized spacial score (nSPS) is 13.9. The largest absolute Gasteiger partial charge is 0.353 e. The third-order valence-corrected chi connectivity index (χ3v) is 5.84. The fourth-order valence-electron chi connectivity index (χ4n) is 1.51. The molecule has 0 saturated heterocycles. The Balaban J connectivity index is 2.54. The standard InChI is InChI=1S/C14H24N4O2S3/c1-7(2)15-11(19)9(5)21-13-17-18-14(23-13)22-10(6)12(20)16-8(3)4/h7-10H,1-6H3,(H,15,19)(H,16,20)/t9-,10-/m1/s1. The summed E-state index contributed by atoms with van der Waals surface area (Å²) in [4.78, 5) is 23.8. The van der Waals surface area contributed by atoms with E-state index in [0.29, 0.717) is 0 Å². The first kappa shape index (κ1) is 20.2. The SMILES string of the molecule is CC(C)NC(=O)[C@@H](C)Sc1nnc(S[C@H](C)C(=O)NC(C)C)s1. The van der Waals surface area contributed by atoms with Crippen molar-refractivity contribution in [1.29, 1.82) is 0 Å². The van der Waals surface area contributed by atoms with E-state index in [9.17, 15) is 9.59 Å². The van der Waals surface area contributed by atoms with E-state index in [1.807, 2.05) is 41.5 Å². The van der Waals surface area contributed by atoms with Gasteiger partial charge in [0.2, 0.25) is 11.8 Å². The highest BCUT2D eigenvalue weighted by atomic mass is 32.2. The molecule has 23 heavy (non-hydrogen) atoms. The second-order valence-corrected chi connectivity index (χ2v) is 9.83. The highest BCUT2D eigenvalue weighted by Crippen LogP contribution is 2.33. The van der Waals surface area contributed by atoms with Crippen molar-refractivity contribution < 1.29 is 9.59 Å². The van der Waals surface area contributed by atoms with Crippen LogP contribution in [0.1, 0.15) is 41.5 Å². The highest BCUT2D eigenvalue weighted by molar-refractivity contribution is 8.04. The molecule has 0 aromatic carbocycles. The van der Waals surface area contributed by atoms with Crippen LogP contribution in [-0.2, 0) is 9.59 Å². The Morgan fingerprint density at radius 3 is 1.48 bits per heavy atom. The van der Waals surface area contributed by atoms with Gasteiger partial charge in [0.05, 0.1) is 10.5 Å². The molecule has 0 fully saturated rings. The second-order valence-electron chi connectivity index (χ2n) is 5.68. The molecule has 0 bridgehead atoms. The van der Waals surface area contributed by atoms with Crippen LogP contribution in [0.3, 0.4) is 0 Å². The van der Waals surface area contributed by atoms with Gasteiger partial charge in [-0.2, -0.15) is 0 Å². The summed E-state index contributed by atoms with van der Waals surface area (Å²) >= 11 is 4.17. The summed E-state index contributed by atoms with van der Waals surface area (Å²) in [5, 5.41) is 13.5. The average molecular weight is 377 g/mol. The topological polar surface area (TPSA) is 84.0 Å². The van der Waals surface area contributed by atoms with Crippen molar-refractivity contribution in [3.8, 4) is 0 Å². The predicted octanol–water partition coefficient (Wildman–Crippen LogP) is 2.55. The minimum absolute atomic E-state index is 0.0147. The number of hydrogen-bond donors (Lipinski definition) is 2. The number of rotatable bonds is 8. The van der Waals surface area contributed by atoms with Crippen LogP contribution in [0.4, 0.5) is 0 Å². The number of aromatic nitrogens is 2. The van der Waals surface area contributed by atoms with Crippen molar-refractivity contribution in [2.45, 2.75) is 72.8 Å². The predicted molar refractivity (Wildman–Crippen MR) is 97.1 cm³/mol. The van der Waals surface area contributed by atoms with Gasteiger partial charge in [-0.1, -0.05) is 34.9 Å². The molecule has 6 nitrogen and oxygen atoms in total. The van der Waals surface area contributed by atoms with Crippen molar-refractivity contribution in [2.75, 3.05) is 0 Å². The van der Waals surface area contributed by atoms with E-state index in [1.54, 1.807) is 0 Å². The molecule has 0 aliphatic heterocycles. The minimum atomic E-state index is -0.232. The van der Waals surface area contributed by atoms with Crippen LogP contribution in [0.25, 0.3) is 0 Å². The van der Waals surface area contributed by atoms with Gasteiger partial charge in [-0.3, -0.25) is 9.59 Å². The zero-order valence-corrected chi connectivity index (χ0v) is 16.7. The van der Waals surface area contributed by atoms with Crippen LogP contribution in [-0.4, -0.2) is 44.6 Å². The fraction of sp³-hybridized carbons (Fsp3) is 0.714.